The van der Waals surface area contributed by atoms with Crippen LogP contribution < -0.4 is 10.1 Å². The number of methoxy groups -OCH3 is 1. The largest absolute Gasteiger partial charge is 0.497 e. The minimum atomic E-state index is 0.0274. The number of ether oxygens (including phenoxy) is 1. The Bertz CT molecular complexity index is 790. The third kappa shape index (κ3) is 5.86. The van der Waals surface area contributed by atoms with E-state index in [4.69, 9.17) is 27.9 Å². The predicted octanol–water partition coefficient (Wildman–Crippen LogP) is 4.33. The zero-order valence-corrected chi connectivity index (χ0v) is 16.9. The topological polar surface area (TPSA) is 41.6 Å². The second-order valence-electron chi connectivity index (χ2n) is 6.89. The molecule has 0 spiro atoms. The molecule has 6 heteroatoms. The summed E-state index contributed by atoms with van der Waals surface area (Å²) in [7, 11) is 1.69. The van der Waals surface area contributed by atoms with E-state index in [1.54, 1.807) is 19.2 Å². The number of nitrogens with zero attached hydrogens (tertiary/aromatic N) is 1. The van der Waals surface area contributed by atoms with Crippen molar-refractivity contribution >= 4 is 29.1 Å². The van der Waals surface area contributed by atoms with Gasteiger partial charge in [-0.1, -0.05) is 41.4 Å². The van der Waals surface area contributed by atoms with Crippen LogP contribution in [0.2, 0.25) is 10.0 Å². The highest BCUT2D eigenvalue weighted by atomic mass is 35.5. The van der Waals surface area contributed by atoms with Gasteiger partial charge in [-0.25, -0.2) is 0 Å². The van der Waals surface area contributed by atoms with Gasteiger partial charge in [-0.2, -0.15) is 0 Å². The molecule has 0 aromatic heterocycles. The van der Waals surface area contributed by atoms with Crippen LogP contribution in [0.15, 0.2) is 42.5 Å². The molecule has 0 bridgehead atoms. The quantitative estimate of drug-likeness (QED) is 0.775. The molecule has 1 fully saturated rings. The van der Waals surface area contributed by atoms with Gasteiger partial charge < -0.3 is 10.1 Å². The molecule has 2 aromatic carbocycles. The maximum absolute atomic E-state index is 12.3. The number of amides is 1. The second-order valence-corrected chi connectivity index (χ2v) is 7.71. The van der Waals surface area contributed by atoms with Crippen LogP contribution in [0.3, 0.4) is 0 Å². The van der Waals surface area contributed by atoms with Crippen molar-refractivity contribution < 1.29 is 9.53 Å². The summed E-state index contributed by atoms with van der Waals surface area (Å²) in [5, 5.41) is 4.13. The number of hydrogen-bond donors (Lipinski definition) is 1. The first kappa shape index (κ1) is 20.0. The molecule has 1 saturated heterocycles. The van der Waals surface area contributed by atoms with Crippen LogP contribution in [-0.4, -0.2) is 37.0 Å². The number of carbonyl (C=O) groups is 1. The molecule has 27 heavy (non-hydrogen) atoms. The van der Waals surface area contributed by atoms with Gasteiger partial charge in [0, 0.05) is 25.7 Å². The summed E-state index contributed by atoms with van der Waals surface area (Å²) in [5.74, 6) is 0.914. The Morgan fingerprint density at radius 2 is 1.89 bits per heavy atom. The van der Waals surface area contributed by atoms with Crippen molar-refractivity contribution in [3.8, 4) is 5.75 Å². The van der Waals surface area contributed by atoms with Crippen LogP contribution in [0.25, 0.3) is 0 Å². The minimum absolute atomic E-state index is 0.0274. The summed E-state index contributed by atoms with van der Waals surface area (Å²) in [6, 6.07) is 13.7. The number of nitrogens with one attached hydrogen (secondary N) is 1. The molecule has 1 aliphatic heterocycles. The molecule has 1 heterocycles. The van der Waals surface area contributed by atoms with Gasteiger partial charge in [0.1, 0.15) is 5.75 Å². The van der Waals surface area contributed by atoms with Crippen LogP contribution in [0.1, 0.15) is 24.0 Å². The first-order chi connectivity index (χ1) is 13.0. The molecule has 0 radical (unpaired) electrons. The van der Waals surface area contributed by atoms with Crippen molar-refractivity contribution in [1.82, 2.24) is 10.2 Å². The molecule has 0 unspecified atom stereocenters. The normalized spacial score (nSPS) is 15.5. The number of hydrogen-bond acceptors (Lipinski definition) is 3. The first-order valence-corrected chi connectivity index (χ1v) is 9.87. The molecule has 1 aliphatic rings. The molecular formula is C21H24Cl2N2O2. The summed E-state index contributed by atoms with van der Waals surface area (Å²) in [5.41, 5.74) is 2.12. The number of rotatable bonds is 6. The van der Waals surface area contributed by atoms with Gasteiger partial charge in [0.2, 0.25) is 5.91 Å². The van der Waals surface area contributed by atoms with E-state index >= 15 is 0 Å². The third-order valence-corrected chi connectivity index (χ3v) is 5.58. The minimum Gasteiger partial charge on any atom is -0.497 e. The van der Waals surface area contributed by atoms with Crippen molar-refractivity contribution in [2.24, 2.45) is 0 Å². The Balaban J connectivity index is 1.44. The van der Waals surface area contributed by atoms with E-state index in [1.165, 1.54) is 5.56 Å². The van der Waals surface area contributed by atoms with E-state index in [2.05, 4.69) is 22.3 Å². The number of benzene rings is 2. The van der Waals surface area contributed by atoms with Crippen LogP contribution in [-0.2, 0) is 17.8 Å². The van der Waals surface area contributed by atoms with Gasteiger partial charge >= 0.3 is 0 Å². The molecule has 0 atom stereocenters. The molecule has 4 nitrogen and oxygen atoms in total. The summed E-state index contributed by atoms with van der Waals surface area (Å²) >= 11 is 11.9. The Hall–Kier alpha value is -1.75. The summed E-state index contributed by atoms with van der Waals surface area (Å²) in [6.07, 6.45) is 2.23. The van der Waals surface area contributed by atoms with Crippen molar-refractivity contribution in [2.75, 3.05) is 20.2 Å². The Labute approximate surface area is 170 Å². The number of carbonyl (C=O) groups excluding carboxylic acids is 1. The fraction of sp³-hybridized carbons (Fsp3) is 0.381. The molecule has 0 saturated carbocycles. The molecule has 0 aliphatic carbocycles. The van der Waals surface area contributed by atoms with E-state index in [0.29, 0.717) is 16.5 Å². The fourth-order valence-corrected chi connectivity index (χ4v) is 3.70. The highest BCUT2D eigenvalue weighted by molar-refractivity contribution is 6.42. The predicted molar refractivity (Wildman–Crippen MR) is 110 cm³/mol. The van der Waals surface area contributed by atoms with Gasteiger partial charge in [0.15, 0.2) is 0 Å². The van der Waals surface area contributed by atoms with Crippen molar-refractivity contribution in [3.05, 3.63) is 63.6 Å². The van der Waals surface area contributed by atoms with Crippen molar-refractivity contribution in [3.63, 3.8) is 0 Å². The van der Waals surface area contributed by atoms with Crippen molar-refractivity contribution in [2.45, 2.75) is 31.8 Å². The first-order valence-electron chi connectivity index (χ1n) is 9.12. The summed E-state index contributed by atoms with van der Waals surface area (Å²) < 4.78 is 5.29. The van der Waals surface area contributed by atoms with Gasteiger partial charge in [0.25, 0.3) is 0 Å². The Kier molecular flexibility index (Phi) is 7.00. The van der Waals surface area contributed by atoms with Gasteiger partial charge in [-0.15, -0.1) is 0 Å². The van der Waals surface area contributed by atoms with Crippen LogP contribution >= 0.6 is 23.2 Å². The van der Waals surface area contributed by atoms with Gasteiger partial charge in [0.05, 0.1) is 23.6 Å². The molecule has 144 valence electrons. The lowest BCUT2D eigenvalue weighted by Gasteiger charge is -2.32. The average molecular weight is 407 g/mol. The summed E-state index contributed by atoms with van der Waals surface area (Å²) in [4.78, 5) is 14.7. The van der Waals surface area contributed by atoms with Gasteiger partial charge in [-0.3, -0.25) is 9.69 Å². The third-order valence-electron chi connectivity index (χ3n) is 4.84. The molecular weight excluding hydrogens is 383 g/mol. The lowest BCUT2D eigenvalue weighted by atomic mass is 10.0. The number of likely N-dealkylation sites (tertiary alicyclic amines) is 1. The summed E-state index contributed by atoms with van der Waals surface area (Å²) in [6.45, 7) is 2.84. The zero-order valence-electron chi connectivity index (χ0n) is 15.4. The highest BCUT2D eigenvalue weighted by Crippen LogP contribution is 2.23. The van der Waals surface area contributed by atoms with Crippen LogP contribution in [0.4, 0.5) is 0 Å². The van der Waals surface area contributed by atoms with Crippen LogP contribution in [0, 0.1) is 0 Å². The molecule has 1 N–H and O–H groups in total. The van der Waals surface area contributed by atoms with E-state index in [9.17, 15) is 4.79 Å². The maximum atomic E-state index is 12.3. The van der Waals surface area contributed by atoms with Gasteiger partial charge in [-0.05, 0) is 48.2 Å². The lowest BCUT2D eigenvalue weighted by molar-refractivity contribution is -0.121. The standard InChI is InChI=1S/C21H24Cl2N2O2/c1-27-18-4-2-3-16(11-18)14-25-9-7-17(8-10-25)24-21(26)13-15-5-6-19(22)20(23)12-15/h2-6,11-12,17H,7-10,13-14H2,1H3,(H,24,26). The maximum Gasteiger partial charge on any atom is 0.224 e. The molecule has 1 amide bonds. The van der Waals surface area contributed by atoms with Crippen molar-refractivity contribution in [1.29, 1.82) is 0 Å². The monoisotopic (exact) mass is 406 g/mol. The number of piperidine rings is 1. The van der Waals surface area contributed by atoms with Crippen LogP contribution in [0.5, 0.6) is 5.75 Å². The van der Waals surface area contributed by atoms with E-state index in [-0.39, 0.29) is 11.9 Å². The fourth-order valence-electron chi connectivity index (χ4n) is 3.38. The zero-order chi connectivity index (χ0) is 19.2. The van der Waals surface area contributed by atoms with E-state index < -0.39 is 0 Å². The lowest BCUT2D eigenvalue weighted by Crippen LogP contribution is -2.44. The Morgan fingerprint density at radius 1 is 1.11 bits per heavy atom. The second kappa shape index (κ2) is 9.45. The Morgan fingerprint density at radius 3 is 2.59 bits per heavy atom. The van der Waals surface area contributed by atoms with E-state index in [1.807, 2.05) is 18.2 Å². The molecule has 3 rings (SSSR count). The number of halogens is 2. The highest BCUT2D eigenvalue weighted by Gasteiger charge is 2.21. The molecule has 2 aromatic rings. The SMILES string of the molecule is COc1cccc(CN2CCC(NC(=O)Cc3ccc(Cl)c(Cl)c3)CC2)c1. The van der Waals surface area contributed by atoms with E-state index in [0.717, 1.165) is 43.8 Å². The smallest absolute Gasteiger partial charge is 0.224 e. The average Bonchev–Trinajstić information content (AvgIpc) is 2.66.